The second-order valence-corrected chi connectivity index (χ2v) is 5.83. The molecule has 1 aliphatic heterocycles. The van der Waals surface area contributed by atoms with Crippen molar-refractivity contribution < 1.29 is 9.53 Å². The first-order chi connectivity index (χ1) is 10.5. The Morgan fingerprint density at radius 2 is 2.32 bits per heavy atom. The molecule has 0 aromatic carbocycles. The van der Waals surface area contributed by atoms with Crippen molar-refractivity contribution in [2.24, 2.45) is 0 Å². The smallest absolute Gasteiger partial charge is 0.252 e. The second kappa shape index (κ2) is 7.56. The number of pyridine rings is 1. The van der Waals surface area contributed by atoms with Crippen molar-refractivity contribution in [2.45, 2.75) is 25.5 Å². The molecule has 1 aromatic rings. The van der Waals surface area contributed by atoms with Crippen LogP contribution in [0, 0.1) is 0 Å². The Hall–Kier alpha value is -1.66. The van der Waals surface area contributed by atoms with Crippen LogP contribution in [0.15, 0.2) is 18.3 Å². The molecular weight excluding hydrogens is 280 g/mol. The molecule has 22 heavy (non-hydrogen) atoms. The van der Waals surface area contributed by atoms with Crippen LogP contribution in [0.5, 0.6) is 0 Å². The fraction of sp³-hybridized carbons (Fsp3) is 0.625. The van der Waals surface area contributed by atoms with Gasteiger partial charge in [0.15, 0.2) is 0 Å². The first kappa shape index (κ1) is 16.7. The summed E-state index contributed by atoms with van der Waals surface area (Å²) in [6, 6.07) is 4.17. The molecule has 1 fully saturated rings. The van der Waals surface area contributed by atoms with Gasteiger partial charge in [0.25, 0.3) is 5.91 Å². The zero-order valence-electron chi connectivity index (χ0n) is 13.9. The lowest BCUT2D eigenvalue weighted by molar-refractivity contribution is 0.0955. The highest BCUT2D eigenvalue weighted by Gasteiger charge is 2.30. The quantitative estimate of drug-likeness (QED) is 0.849. The third-order valence-corrected chi connectivity index (χ3v) is 4.21. The Labute approximate surface area is 132 Å². The Bertz CT molecular complexity index is 491. The van der Waals surface area contributed by atoms with Gasteiger partial charge in [0.05, 0.1) is 11.7 Å². The fourth-order valence-electron chi connectivity index (χ4n) is 2.83. The van der Waals surface area contributed by atoms with Gasteiger partial charge >= 0.3 is 0 Å². The predicted octanol–water partition coefficient (Wildman–Crippen LogP) is 0.987. The van der Waals surface area contributed by atoms with Gasteiger partial charge in [-0.3, -0.25) is 9.69 Å². The molecule has 0 spiro atoms. The van der Waals surface area contributed by atoms with Crippen molar-refractivity contribution in [1.29, 1.82) is 0 Å². The predicted molar refractivity (Wildman–Crippen MR) is 87.3 cm³/mol. The first-order valence-corrected chi connectivity index (χ1v) is 7.73. The third kappa shape index (κ3) is 3.96. The Balaban J connectivity index is 1.95. The SMILES string of the molecule is CCNC(=O)c1ccc(N(C)C[C@@H]2C[C@H](OC)CN2C)nc1. The molecule has 0 unspecified atom stereocenters. The van der Waals surface area contributed by atoms with Crippen molar-refractivity contribution in [3.63, 3.8) is 0 Å². The maximum atomic E-state index is 11.7. The molecule has 0 saturated carbocycles. The summed E-state index contributed by atoms with van der Waals surface area (Å²) in [5.41, 5.74) is 0.594. The van der Waals surface area contributed by atoms with Gasteiger partial charge in [-0.1, -0.05) is 0 Å². The number of anilines is 1. The molecule has 2 heterocycles. The van der Waals surface area contributed by atoms with Gasteiger partial charge in [-0.2, -0.15) is 0 Å². The van der Waals surface area contributed by atoms with E-state index in [1.54, 1.807) is 13.3 Å². The molecular formula is C16H26N4O2. The van der Waals surface area contributed by atoms with E-state index in [1.807, 2.05) is 26.1 Å². The van der Waals surface area contributed by atoms with Crippen molar-refractivity contribution in [3.05, 3.63) is 23.9 Å². The third-order valence-electron chi connectivity index (χ3n) is 4.21. The number of hydrogen-bond acceptors (Lipinski definition) is 5. The van der Waals surface area contributed by atoms with Gasteiger partial charge in [-0.25, -0.2) is 4.98 Å². The van der Waals surface area contributed by atoms with E-state index >= 15 is 0 Å². The van der Waals surface area contributed by atoms with Gasteiger partial charge < -0.3 is 15.0 Å². The number of ether oxygens (including phenoxy) is 1. The molecule has 122 valence electrons. The van der Waals surface area contributed by atoms with Crippen LogP contribution >= 0.6 is 0 Å². The highest BCUT2D eigenvalue weighted by atomic mass is 16.5. The van der Waals surface area contributed by atoms with Crippen LogP contribution in [0.1, 0.15) is 23.7 Å². The molecule has 1 saturated heterocycles. The van der Waals surface area contributed by atoms with E-state index in [2.05, 4.69) is 27.1 Å². The van der Waals surface area contributed by atoms with E-state index < -0.39 is 0 Å². The minimum atomic E-state index is -0.0809. The van der Waals surface area contributed by atoms with Crippen LogP contribution in [-0.4, -0.2) is 68.8 Å². The zero-order chi connectivity index (χ0) is 16.1. The van der Waals surface area contributed by atoms with E-state index in [4.69, 9.17) is 4.74 Å². The van der Waals surface area contributed by atoms with Crippen LogP contribution in [0.2, 0.25) is 0 Å². The minimum Gasteiger partial charge on any atom is -0.380 e. The van der Waals surface area contributed by atoms with E-state index in [9.17, 15) is 4.79 Å². The summed E-state index contributed by atoms with van der Waals surface area (Å²) >= 11 is 0. The lowest BCUT2D eigenvalue weighted by Gasteiger charge is -2.26. The average Bonchev–Trinajstić information content (AvgIpc) is 2.88. The van der Waals surface area contributed by atoms with Crippen molar-refractivity contribution >= 4 is 11.7 Å². The number of likely N-dealkylation sites (tertiary alicyclic amines) is 1. The minimum absolute atomic E-state index is 0.0809. The summed E-state index contributed by atoms with van der Waals surface area (Å²) < 4.78 is 5.44. The standard InChI is InChI=1S/C16H26N4O2/c1-5-17-16(21)12-6-7-15(18-9-12)20(3)10-13-8-14(22-4)11-19(13)2/h6-7,9,13-14H,5,8,10-11H2,1-4H3,(H,17,21)/t13-,14-/m0/s1. The lowest BCUT2D eigenvalue weighted by Crippen LogP contribution is -2.37. The molecule has 1 amide bonds. The van der Waals surface area contributed by atoms with Gasteiger partial charge in [0.1, 0.15) is 5.82 Å². The number of rotatable bonds is 6. The highest BCUT2D eigenvalue weighted by molar-refractivity contribution is 5.93. The number of likely N-dealkylation sites (N-methyl/N-ethyl adjacent to an activating group) is 2. The molecule has 0 radical (unpaired) electrons. The maximum absolute atomic E-state index is 11.7. The number of aromatic nitrogens is 1. The summed E-state index contributed by atoms with van der Waals surface area (Å²) in [5.74, 6) is 0.796. The van der Waals surface area contributed by atoms with Crippen LogP contribution in [0.4, 0.5) is 5.82 Å². The molecule has 2 atom stereocenters. The molecule has 2 rings (SSSR count). The number of amides is 1. The van der Waals surface area contributed by atoms with Crippen molar-refractivity contribution in [3.8, 4) is 0 Å². The van der Waals surface area contributed by atoms with E-state index in [-0.39, 0.29) is 5.91 Å². The maximum Gasteiger partial charge on any atom is 0.252 e. The summed E-state index contributed by atoms with van der Waals surface area (Å²) in [6.45, 7) is 4.39. The van der Waals surface area contributed by atoms with Crippen LogP contribution < -0.4 is 10.2 Å². The number of carbonyl (C=O) groups excluding carboxylic acids is 1. The summed E-state index contributed by atoms with van der Waals surface area (Å²) in [4.78, 5) is 20.6. The highest BCUT2D eigenvalue weighted by Crippen LogP contribution is 2.20. The molecule has 1 aromatic heterocycles. The summed E-state index contributed by atoms with van der Waals surface area (Å²) in [7, 11) is 5.93. The van der Waals surface area contributed by atoms with Crippen molar-refractivity contribution in [2.75, 3.05) is 45.7 Å². The number of carbonyl (C=O) groups is 1. The number of nitrogens with zero attached hydrogens (tertiary/aromatic N) is 3. The summed E-state index contributed by atoms with van der Waals surface area (Å²) in [5, 5.41) is 2.77. The summed E-state index contributed by atoms with van der Waals surface area (Å²) in [6.07, 6.45) is 2.98. The van der Waals surface area contributed by atoms with Gasteiger partial charge in [0.2, 0.25) is 0 Å². The number of methoxy groups -OCH3 is 1. The monoisotopic (exact) mass is 306 g/mol. The molecule has 1 N–H and O–H groups in total. The van der Waals surface area contributed by atoms with Gasteiger partial charge in [-0.05, 0) is 32.5 Å². The van der Waals surface area contributed by atoms with Crippen LogP contribution in [0.3, 0.4) is 0 Å². The lowest BCUT2D eigenvalue weighted by atomic mass is 10.2. The van der Waals surface area contributed by atoms with Crippen molar-refractivity contribution in [1.82, 2.24) is 15.2 Å². The van der Waals surface area contributed by atoms with Crippen LogP contribution in [-0.2, 0) is 4.74 Å². The normalized spacial score (nSPS) is 21.8. The molecule has 1 aliphatic rings. The number of hydrogen-bond donors (Lipinski definition) is 1. The second-order valence-electron chi connectivity index (χ2n) is 5.83. The van der Waals surface area contributed by atoms with E-state index in [0.29, 0.717) is 24.3 Å². The van der Waals surface area contributed by atoms with E-state index in [1.165, 1.54) is 0 Å². The van der Waals surface area contributed by atoms with Crippen LogP contribution in [0.25, 0.3) is 0 Å². The molecule has 0 aliphatic carbocycles. The van der Waals surface area contributed by atoms with E-state index in [0.717, 1.165) is 25.3 Å². The molecule has 6 nitrogen and oxygen atoms in total. The van der Waals surface area contributed by atoms with Gasteiger partial charge in [0, 0.05) is 46.0 Å². The number of nitrogens with one attached hydrogen (secondary N) is 1. The molecule has 6 heteroatoms. The molecule has 0 bridgehead atoms. The Morgan fingerprint density at radius 3 is 2.86 bits per heavy atom. The Morgan fingerprint density at radius 1 is 1.55 bits per heavy atom. The average molecular weight is 306 g/mol. The zero-order valence-corrected chi connectivity index (χ0v) is 13.9. The largest absolute Gasteiger partial charge is 0.380 e. The first-order valence-electron chi connectivity index (χ1n) is 7.73. The van der Waals surface area contributed by atoms with Gasteiger partial charge in [-0.15, -0.1) is 0 Å². The fourth-order valence-corrected chi connectivity index (χ4v) is 2.83. The topological polar surface area (TPSA) is 57.7 Å². The Kier molecular flexibility index (Phi) is 5.74.